The van der Waals surface area contributed by atoms with Crippen molar-refractivity contribution in [2.45, 2.75) is 64.8 Å². The molecule has 4 aliphatic carbocycles. The van der Waals surface area contributed by atoms with E-state index in [4.69, 9.17) is 4.74 Å². The first kappa shape index (κ1) is 21.6. The zero-order valence-electron chi connectivity index (χ0n) is 18.8. The number of benzene rings is 1. The molecular weight excluding hydrogens is 404 g/mol. The summed E-state index contributed by atoms with van der Waals surface area (Å²) in [5.74, 6) is 0.523. The Morgan fingerprint density at radius 2 is 1.91 bits per heavy atom. The van der Waals surface area contributed by atoms with Gasteiger partial charge < -0.3 is 14.9 Å². The SMILES string of the molecule is CC12C=CC(=O)C=C1CCC1C2C(O)CC2(C)C(OC(=O)c3ccc(CO)cc3)CCC12. The van der Waals surface area contributed by atoms with Gasteiger partial charge in [0, 0.05) is 16.7 Å². The highest BCUT2D eigenvalue weighted by Crippen LogP contribution is 2.64. The number of hydrogen-bond donors (Lipinski definition) is 2. The molecule has 5 nitrogen and oxygen atoms in total. The molecule has 0 aliphatic heterocycles. The van der Waals surface area contributed by atoms with Gasteiger partial charge in [0.25, 0.3) is 0 Å². The zero-order chi connectivity index (χ0) is 22.7. The van der Waals surface area contributed by atoms with Crippen LogP contribution in [0.5, 0.6) is 0 Å². The molecule has 0 saturated heterocycles. The highest BCUT2D eigenvalue weighted by Gasteiger charge is 2.62. The van der Waals surface area contributed by atoms with Crippen LogP contribution in [-0.4, -0.2) is 34.2 Å². The molecule has 170 valence electrons. The summed E-state index contributed by atoms with van der Waals surface area (Å²) >= 11 is 0. The fourth-order valence-corrected chi connectivity index (χ4v) is 7.42. The molecule has 0 aromatic heterocycles. The molecule has 3 saturated carbocycles. The van der Waals surface area contributed by atoms with E-state index in [2.05, 4.69) is 13.8 Å². The molecule has 7 atom stereocenters. The molecule has 0 spiro atoms. The number of aliphatic hydroxyl groups is 2. The summed E-state index contributed by atoms with van der Waals surface area (Å²) in [4.78, 5) is 24.8. The molecule has 0 heterocycles. The highest BCUT2D eigenvalue weighted by atomic mass is 16.5. The van der Waals surface area contributed by atoms with Crippen molar-refractivity contribution in [1.82, 2.24) is 0 Å². The van der Waals surface area contributed by atoms with E-state index in [1.165, 1.54) is 0 Å². The van der Waals surface area contributed by atoms with Crippen LogP contribution in [0.3, 0.4) is 0 Å². The van der Waals surface area contributed by atoms with Crippen LogP contribution in [0.25, 0.3) is 0 Å². The van der Waals surface area contributed by atoms with Gasteiger partial charge in [0.1, 0.15) is 6.10 Å². The first-order valence-electron chi connectivity index (χ1n) is 11.8. The number of carbonyl (C=O) groups is 2. The molecule has 5 heteroatoms. The lowest BCUT2D eigenvalue weighted by atomic mass is 9.47. The summed E-state index contributed by atoms with van der Waals surface area (Å²) in [6, 6.07) is 6.86. The summed E-state index contributed by atoms with van der Waals surface area (Å²) in [7, 11) is 0. The van der Waals surface area contributed by atoms with Crippen LogP contribution < -0.4 is 0 Å². The minimum Gasteiger partial charge on any atom is -0.458 e. The number of aliphatic hydroxyl groups excluding tert-OH is 2. The van der Waals surface area contributed by atoms with E-state index in [1.807, 2.05) is 6.08 Å². The second-order valence-corrected chi connectivity index (χ2v) is 10.6. The van der Waals surface area contributed by atoms with Gasteiger partial charge in [0.15, 0.2) is 5.78 Å². The Morgan fingerprint density at radius 1 is 1.16 bits per heavy atom. The van der Waals surface area contributed by atoms with Crippen molar-refractivity contribution in [2.24, 2.45) is 28.6 Å². The van der Waals surface area contributed by atoms with E-state index >= 15 is 0 Å². The van der Waals surface area contributed by atoms with Gasteiger partial charge in [-0.25, -0.2) is 4.79 Å². The summed E-state index contributed by atoms with van der Waals surface area (Å²) in [5.41, 5.74) is 1.86. The summed E-state index contributed by atoms with van der Waals surface area (Å²) in [5, 5.41) is 20.6. The number of ketones is 1. The number of esters is 1. The topological polar surface area (TPSA) is 83.8 Å². The van der Waals surface area contributed by atoms with E-state index in [1.54, 1.807) is 36.4 Å². The molecule has 1 aromatic carbocycles. The Labute approximate surface area is 189 Å². The maximum atomic E-state index is 12.9. The average Bonchev–Trinajstić information content (AvgIpc) is 3.09. The number of allylic oxidation sites excluding steroid dienone is 4. The summed E-state index contributed by atoms with van der Waals surface area (Å²) < 4.78 is 6.03. The molecule has 3 fully saturated rings. The van der Waals surface area contributed by atoms with Crippen LogP contribution in [0, 0.1) is 28.6 Å². The highest BCUT2D eigenvalue weighted by molar-refractivity contribution is 6.01. The third-order valence-corrected chi connectivity index (χ3v) is 9.03. The fourth-order valence-electron chi connectivity index (χ4n) is 7.42. The zero-order valence-corrected chi connectivity index (χ0v) is 18.8. The number of ether oxygens (including phenoxy) is 1. The van der Waals surface area contributed by atoms with Crippen molar-refractivity contribution in [3.63, 3.8) is 0 Å². The number of fused-ring (bicyclic) bond motifs is 5. The largest absolute Gasteiger partial charge is 0.458 e. The normalized spacial score (nSPS) is 40.2. The lowest BCUT2D eigenvalue weighted by Gasteiger charge is -2.58. The molecular formula is C27H32O5. The predicted octanol–water partition coefficient (Wildman–Crippen LogP) is 3.98. The number of hydrogen-bond acceptors (Lipinski definition) is 5. The van der Waals surface area contributed by atoms with Gasteiger partial charge in [0.05, 0.1) is 18.3 Å². The van der Waals surface area contributed by atoms with Gasteiger partial charge in [-0.15, -0.1) is 0 Å². The van der Waals surface area contributed by atoms with Gasteiger partial charge in [-0.05, 0) is 73.8 Å². The third-order valence-electron chi connectivity index (χ3n) is 9.03. The van der Waals surface area contributed by atoms with Crippen LogP contribution in [0.15, 0.2) is 48.1 Å². The Hall–Kier alpha value is -2.24. The minimum atomic E-state index is -0.504. The molecule has 4 aliphatic rings. The van der Waals surface area contributed by atoms with Gasteiger partial charge in [-0.2, -0.15) is 0 Å². The van der Waals surface area contributed by atoms with E-state index in [-0.39, 0.29) is 41.2 Å². The average molecular weight is 437 g/mol. The maximum Gasteiger partial charge on any atom is 0.338 e. The van der Waals surface area contributed by atoms with E-state index in [9.17, 15) is 19.8 Å². The Morgan fingerprint density at radius 3 is 2.62 bits per heavy atom. The van der Waals surface area contributed by atoms with Gasteiger partial charge in [-0.3, -0.25) is 4.79 Å². The lowest BCUT2D eigenvalue weighted by Crippen LogP contribution is -2.56. The van der Waals surface area contributed by atoms with Gasteiger partial charge >= 0.3 is 5.97 Å². The van der Waals surface area contributed by atoms with Crippen LogP contribution in [0.2, 0.25) is 0 Å². The Bertz CT molecular complexity index is 992. The van der Waals surface area contributed by atoms with E-state index in [0.717, 1.165) is 36.8 Å². The number of rotatable bonds is 3. The monoisotopic (exact) mass is 436 g/mol. The van der Waals surface area contributed by atoms with Crippen molar-refractivity contribution < 1.29 is 24.5 Å². The maximum absolute atomic E-state index is 12.9. The predicted molar refractivity (Wildman–Crippen MR) is 120 cm³/mol. The van der Waals surface area contributed by atoms with E-state index in [0.29, 0.717) is 23.8 Å². The summed E-state index contributed by atoms with van der Waals surface area (Å²) in [6.45, 7) is 4.30. The molecule has 0 radical (unpaired) electrons. The fraction of sp³-hybridized carbons (Fsp3) is 0.556. The van der Waals surface area contributed by atoms with Crippen molar-refractivity contribution in [3.05, 3.63) is 59.2 Å². The molecule has 2 N–H and O–H groups in total. The quantitative estimate of drug-likeness (QED) is 0.700. The van der Waals surface area contributed by atoms with E-state index < -0.39 is 6.10 Å². The number of carbonyl (C=O) groups excluding carboxylic acids is 2. The molecule has 0 bridgehead atoms. The third kappa shape index (κ3) is 3.20. The standard InChI is InChI=1S/C27H32O5/c1-26-12-11-19(29)13-18(26)7-8-20-21-9-10-23(27(21,2)14-22(30)24(20)26)32-25(31)17-5-3-16(15-28)4-6-17/h3-6,11-13,20-24,28,30H,7-10,14-15H2,1-2H3. The first-order chi connectivity index (χ1) is 15.3. The second-order valence-electron chi connectivity index (χ2n) is 10.6. The van der Waals surface area contributed by atoms with Gasteiger partial charge in [0.2, 0.25) is 0 Å². The molecule has 0 amide bonds. The van der Waals surface area contributed by atoms with Crippen LogP contribution in [0.4, 0.5) is 0 Å². The molecule has 1 aromatic rings. The Kier molecular flexibility index (Phi) is 5.18. The van der Waals surface area contributed by atoms with Crippen molar-refractivity contribution in [3.8, 4) is 0 Å². The van der Waals surface area contributed by atoms with Crippen molar-refractivity contribution in [1.29, 1.82) is 0 Å². The van der Waals surface area contributed by atoms with Crippen LogP contribution >= 0.6 is 0 Å². The minimum absolute atomic E-state index is 0.0472. The van der Waals surface area contributed by atoms with Crippen molar-refractivity contribution >= 4 is 11.8 Å². The van der Waals surface area contributed by atoms with Gasteiger partial charge in [-0.1, -0.05) is 37.6 Å². The molecule has 32 heavy (non-hydrogen) atoms. The van der Waals surface area contributed by atoms with Crippen molar-refractivity contribution in [2.75, 3.05) is 0 Å². The second kappa shape index (κ2) is 7.67. The lowest BCUT2D eigenvalue weighted by molar-refractivity contribution is -0.131. The molecule has 5 rings (SSSR count). The molecule has 7 unspecified atom stereocenters. The smallest absolute Gasteiger partial charge is 0.338 e. The van der Waals surface area contributed by atoms with Crippen LogP contribution in [0.1, 0.15) is 61.9 Å². The van der Waals surface area contributed by atoms with Crippen LogP contribution in [-0.2, 0) is 16.1 Å². The summed E-state index contributed by atoms with van der Waals surface area (Å²) in [6.07, 6.45) is 8.99. The first-order valence-corrected chi connectivity index (χ1v) is 11.8. The Balaban J connectivity index is 1.38.